The molecule has 64 heteroatoms. The quantitative estimate of drug-likeness (QED) is 0.0791. The van der Waals surface area contributed by atoms with Gasteiger partial charge in [0, 0.05) is 0 Å². The van der Waals surface area contributed by atoms with Crippen molar-refractivity contribution in [3.05, 3.63) is 0 Å². The van der Waals surface area contributed by atoms with Crippen LogP contribution < -0.4 is 118 Å². The van der Waals surface area contributed by atoms with Crippen LogP contribution in [0.1, 0.15) is 5.71 Å². The van der Waals surface area contributed by atoms with Crippen molar-refractivity contribution in [2.24, 2.45) is 0 Å². The summed E-state index contributed by atoms with van der Waals surface area (Å²) >= 11 is 0. The molecule has 0 aromatic heterocycles. The van der Waals surface area contributed by atoms with E-state index < -0.39 is 93.9 Å². The van der Waals surface area contributed by atoms with E-state index in [4.69, 9.17) is 231 Å². The summed E-state index contributed by atoms with van der Waals surface area (Å²) in [5.41, 5.74) is 0. The molecule has 0 spiro atoms. The predicted octanol–water partition coefficient (Wildman–Crippen LogP) is -22.7. The van der Waals surface area contributed by atoms with Crippen molar-refractivity contribution < 1.29 is 355 Å². The van der Waals surface area contributed by atoms with Crippen molar-refractivity contribution >= 4 is 93.9 Å². The Morgan fingerprint density at radius 1 is 0.125 bits per heavy atom. The first kappa shape index (κ1) is 114. The minimum atomic E-state index is -4.64. The first-order valence-electron chi connectivity index (χ1n) is 9.39. The molecule has 0 bridgehead atoms. The third-order valence-electron chi connectivity index (χ3n) is 0. The summed E-state index contributed by atoms with van der Waals surface area (Å²) in [6, 6.07) is 0. The third-order valence-corrected chi connectivity index (χ3v) is 0. The Kier molecular flexibility index (Phi) is 92.1. The van der Waals surface area contributed by atoms with Crippen LogP contribution in [0.15, 0.2) is 0 Å². The van der Waals surface area contributed by atoms with Gasteiger partial charge in [0.05, 0.1) is 0 Å². The molecule has 0 rings (SSSR count). The Balaban J connectivity index is -0.0000000203. The van der Waals surface area contributed by atoms with Gasteiger partial charge in [0.1, 0.15) is 0 Å². The van der Waals surface area contributed by atoms with Crippen LogP contribution in [0.2, 0.25) is 0 Å². The molecule has 0 aliphatic rings. The summed E-state index contributed by atoms with van der Waals surface area (Å²) in [5.74, 6) is 0. The molecule has 48 nitrogen and oxygen atoms in total. The average molecular weight is 1270 g/mol. The largest absolute Gasteiger partial charge is 1.00 e. The Morgan fingerprint density at radius 2 is 0.125 bits per heavy atom. The van der Waals surface area contributed by atoms with E-state index in [1.165, 1.54) is 0 Å². The van der Waals surface area contributed by atoms with Crippen LogP contribution in [0.4, 0.5) is 0 Å². The SMILES string of the molecule is O=P(O)(O)O.O=P(O)(O)O.O=P(O)(O)O.O=P(O)(O)O.O=P(O)(O)O.O=P(O)(O)O.O=P(O)(O)O.O=P(O)(O)O.O=P(O)(O)O.O=P(O)(O)O.O=P(O)(O)O.O=P(O)(O)O.[H-].[H-].[H-].[H-].[Na+].[Na+].[Na+].[Na+]. The van der Waals surface area contributed by atoms with Gasteiger partial charge >= 0.3 is 212 Å². The van der Waals surface area contributed by atoms with E-state index >= 15 is 0 Å². The molecule has 392 valence electrons. The van der Waals surface area contributed by atoms with E-state index in [1.54, 1.807) is 0 Å². The van der Waals surface area contributed by atoms with Crippen LogP contribution in [0.25, 0.3) is 0 Å². The topological polar surface area (TPSA) is 933 Å². The van der Waals surface area contributed by atoms with Crippen molar-refractivity contribution in [1.82, 2.24) is 0 Å². The smallest absolute Gasteiger partial charge is 1.00 e. The van der Waals surface area contributed by atoms with E-state index in [-0.39, 0.29) is 124 Å². The molecule has 0 aromatic carbocycles. The van der Waals surface area contributed by atoms with E-state index in [2.05, 4.69) is 0 Å². The van der Waals surface area contributed by atoms with E-state index in [9.17, 15) is 0 Å². The molecule has 0 saturated carbocycles. The first-order chi connectivity index (χ1) is 24.0. The molecule has 0 heterocycles. The normalized spacial score (nSPS) is 11.1. The molecule has 0 atom stereocenters. The van der Waals surface area contributed by atoms with Crippen LogP contribution in [0, 0.1) is 0 Å². The van der Waals surface area contributed by atoms with Gasteiger partial charge in [-0.05, 0) is 0 Å². The molecule has 0 saturated heterocycles. The van der Waals surface area contributed by atoms with Crippen molar-refractivity contribution in [2.75, 3.05) is 0 Å². The van der Waals surface area contributed by atoms with Gasteiger partial charge in [-0.1, -0.05) is 0 Å². The first-order valence-corrected chi connectivity index (χ1v) is 28.2. The minimum absolute atomic E-state index is 0. The maximum absolute atomic E-state index is 8.88. The minimum Gasteiger partial charge on any atom is -1.00 e. The predicted molar refractivity (Wildman–Crippen MR) is 176 cm³/mol. The Morgan fingerprint density at radius 3 is 0.125 bits per heavy atom. The average Bonchev–Trinajstić information content (AvgIpc) is 2.48. The second kappa shape index (κ2) is 51.8. The molecule has 0 fully saturated rings. The van der Waals surface area contributed by atoms with Gasteiger partial charge in [-0.2, -0.15) is 0 Å². The van der Waals surface area contributed by atoms with Crippen molar-refractivity contribution in [2.45, 2.75) is 0 Å². The molecule has 0 aliphatic carbocycles. The molecule has 0 radical (unpaired) electrons. The van der Waals surface area contributed by atoms with Gasteiger partial charge < -0.3 is 182 Å². The van der Waals surface area contributed by atoms with Crippen LogP contribution >= 0.6 is 93.9 Å². The fourth-order valence-electron chi connectivity index (χ4n) is 0. The molecular weight excluding hydrogens is 1230 g/mol. The number of phosphoric acid groups is 12. The Labute approximate surface area is 444 Å². The van der Waals surface area contributed by atoms with E-state index in [0.29, 0.717) is 0 Å². The van der Waals surface area contributed by atoms with Gasteiger partial charge in [0.25, 0.3) is 0 Å². The Bertz CT molecular complexity index is 1070. The van der Waals surface area contributed by atoms with Crippen LogP contribution in [-0.2, 0) is 54.8 Å². The van der Waals surface area contributed by atoms with Gasteiger partial charge in [0.2, 0.25) is 0 Å². The molecule has 0 amide bonds. The second-order valence-electron chi connectivity index (χ2n) is 6.16. The monoisotopic (exact) mass is 1270 g/mol. The van der Waals surface area contributed by atoms with Gasteiger partial charge in [-0.25, -0.2) is 54.8 Å². The maximum atomic E-state index is 8.88. The number of rotatable bonds is 0. The zero-order valence-corrected chi connectivity index (χ0v) is 49.1. The molecule has 64 heavy (non-hydrogen) atoms. The zero-order valence-electron chi connectivity index (χ0n) is 34.4. The van der Waals surface area contributed by atoms with Gasteiger partial charge in [-0.15, -0.1) is 0 Å². The van der Waals surface area contributed by atoms with Crippen molar-refractivity contribution in [1.29, 1.82) is 0 Å². The van der Waals surface area contributed by atoms with Crippen molar-refractivity contribution in [3.8, 4) is 0 Å². The summed E-state index contributed by atoms with van der Waals surface area (Å²) < 4.78 is 107. The Hall–Kier alpha value is 5.32. The summed E-state index contributed by atoms with van der Waals surface area (Å²) in [5, 5.41) is 0. The number of hydrogen-bond acceptors (Lipinski definition) is 12. The van der Waals surface area contributed by atoms with E-state index in [1.807, 2.05) is 0 Å². The van der Waals surface area contributed by atoms with Crippen LogP contribution in [0.3, 0.4) is 0 Å². The van der Waals surface area contributed by atoms with Crippen LogP contribution in [0.5, 0.6) is 0 Å². The number of hydrogen-bond donors (Lipinski definition) is 36. The van der Waals surface area contributed by atoms with Gasteiger partial charge in [0.15, 0.2) is 0 Å². The molecule has 0 unspecified atom stereocenters. The summed E-state index contributed by atoms with van der Waals surface area (Å²) in [6.45, 7) is 0. The fraction of sp³-hybridized carbons (Fsp3) is 0. The van der Waals surface area contributed by atoms with Gasteiger partial charge in [-0.3, -0.25) is 0 Å². The second-order valence-corrected chi connectivity index (χ2v) is 18.5. The maximum Gasteiger partial charge on any atom is 1.00 e. The summed E-state index contributed by atoms with van der Waals surface area (Å²) in [6.07, 6.45) is 0. The molecule has 0 aliphatic heterocycles. The standard InChI is InChI=1S/4Na.12H3O4P.4H/c;;;;12*1-5(2,3)4;;;;/h;;;;12*(H3,1,2,3,4);;;;/q4*+1;;;;;;;;;;;;;4*-1. The third kappa shape index (κ3) is 10500. The van der Waals surface area contributed by atoms with Crippen molar-refractivity contribution in [3.63, 3.8) is 0 Å². The molecular formula is H40Na4O48P12. The summed E-state index contributed by atoms with van der Waals surface area (Å²) in [7, 11) is -55.7. The molecule has 36 N–H and O–H groups in total. The zero-order chi connectivity index (χ0) is 54.0. The fourth-order valence-corrected chi connectivity index (χ4v) is 0. The van der Waals surface area contributed by atoms with Crippen LogP contribution in [-0.4, -0.2) is 176 Å². The van der Waals surface area contributed by atoms with E-state index in [0.717, 1.165) is 0 Å². The summed E-state index contributed by atoms with van der Waals surface area (Å²) in [4.78, 5) is 259. The molecule has 0 aromatic rings.